The van der Waals surface area contributed by atoms with Gasteiger partial charge in [0, 0.05) is 0 Å². The fourth-order valence-electron chi connectivity index (χ4n) is 7.66. The van der Waals surface area contributed by atoms with Gasteiger partial charge in [-0.1, -0.05) is 0 Å². The van der Waals surface area contributed by atoms with E-state index in [1.165, 1.54) is 64.2 Å². The topological polar surface area (TPSA) is 0 Å². The summed E-state index contributed by atoms with van der Waals surface area (Å²) in [6, 6.07) is 0. The van der Waals surface area contributed by atoms with E-state index >= 15 is 0 Å². The number of rotatable bonds is 2. The van der Waals surface area contributed by atoms with E-state index in [9.17, 15) is 0 Å². The summed E-state index contributed by atoms with van der Waals surface area (Å²) in [5, 5.41) is 0. The maximum atomic E-state index is 2.59. The predicted octanol–water partition coefficient (Wildman–Crippen LogP) is 1.59. The summed E-state index contributed by atoms with van der Waals surface area (Å²) >= 11 is -0.390. The fraction of sp³-hybridized carbons (Fsp3) is 0.692. The molecule has 0 heterocycles. The number of halogens is 2. The van der Waals surface area contributed by atoms with Crippen molar-refractivity contribution >= 4 is 0 Å². The van der Waals surface area contributed by atoms with Crippen molar-refractivity contribution < 1.29 is 48.0 Å². The molecule has 0 spiro atoms. The molecular formula is C26H34Cl2Zr. The molecule has 0 aromatic heterocycles. The van der Waals surface area contributed by atoms with Crippen LogP contribution in [0.25, 0.3) is 0 Å². The van der Waals surface area contributed by atoms with E-state index in [0.29, 0.717) is 0 Å². The van der Waals surface area contributed by atoms with Gasteiger partial charge in [-0.15, -0.1) is 0 Å². The van der Waals surface area contributed by atoms with Gasteiger partial charge in [0.2, 0.25) is 0 Å². The van der Waals surface area contributed by atoms with Crippen molar-refractivity contribution in [3.05, 3.63) is 46.6 Å². The van der Waals surface area contributed by atoms with Gasteiger partial charge in [0.25, 0.3) is 0 Å². The predicted molar refractivity (Wildman–Crippen MR) is 109 cm³/mol. The van der Waals surface area contributed by atoms with Crippen LogP contribution in [-0.4, -0.2) is 0 Å². The average Bonchev–Trinajstić information content (AvgIpc) is 3.33. The van der Waals surface area contributed by atoms with Crippen molar-refractivity contribution in [2.45, 2.75) is 84.3 Å². The van der Waals surface area contributed by atoms with Gasteiger partial charge in [0.1, 0.15) is 0 Å². The molecule has 0 aliphatic heterocycles. The standard InChI is InChI=1S/2C13H17.2ClH.Zr/c2*1-2-6-12-10(4-1)8-9-11-5-3-7-13(11)12;;;/h2*2,6-7,10-11H,1,3-5,8-9H2;2*1H;/q;;;;+2/p-2. The number of hydrogen-bond donors (Lipinski definition) is 0. The first-order valence-corrected chi connectivity index (χ1v) is 14.8. The molecule has 0 nitrogen and oxygen atoms in total. The van der Waals surface area contributed by atoms with Crippen LogP contribution in [0.1, 0.15) is 77.0 Å². The van der Waals surface area contributed by atoms with Crippen molar-refractivity contribution in [2.75, 3.05) is 0 Å². The first-order chi connectivity index (χ1) is 13.4. The summed E-state index contributed by atoms with van der Waals surface area (Å²) in [4.78, 5) is 0. The molecule has 2 saturated carbocycles. The van der Waals surface area contributed by atoms with Crippen LogP contribution in [0.2, 0.25) is 7.25 Å². The molecule has 6 aliphatic carbocycles. The molecule has 0 saturated heterocycles. The first kappa shape index (κ1) is 22.6. The maximum absolute atomic E-state index is 2.59. The molecule has 6 atom stereocenters. The van der Waals surface area contributed by atoms with E-state index in [2.05, 4.69) is 24.3 Å². The van der Waals surface area contributed by atoms with Crippen LogP contribution in [0.3, 0.4) is 0 Å². The van der Waals surface area contributed by atoms with Crippen LogP contribution in [0.5, 0.6) is 0 Å². The Bertz CT molecular complexity index is 684. The van der Waals surface area contributed by atoms with Gasteiger partial charge in [-0.05, 0) is 0 Å². The summed E-state index contributed by atoms with van der Waals surface area (Å²) < 4.78 is 2.17. The molecule has 0 N–H and O–H groups in total. The molecule has 6 rings (SSSR count). The zero-order valence-corrected chi connectivity index (χ0v) is 21.5. The first-order valence-electron chi connectivity index (χ1n) is 12.0. The minimum absolute atomic E-state index is 0. The van der Waals surface area contributed by atoms with E-state index in [-0.39, 0.29) is 48.0 Å². The molecule has 6 aliphatic rings. The van der Waals surface area contributed by atoms with E-state index in [1.54, 1.807) is 12.8 Å². The van der Waals surface area contributed by atoms with Crippen LogP contribution < -0.4 is 24.8 Å². The van der Waals surface area contributed by atoms with Crippen LogP contribution in [-0.2, 0) is 23.2 Å². The van der Waals surface area contributed by atoms with E-state index in [4.69, 9.17) is 0 Å². The summed E-state index contributed by atoms with van der Waals surface area (Å²) in [5.41, 5.74) is 7.81. The summed E-state index contributed by atoms with van der Waals surface area (Å²) in [6.45, 7) is 0. The largest absolute Gasteiger partial charge is 1.00 e. The van der Waals surface area contributed by atoms with Gasteiger partial charge in [-0.3, -0.25) is 0 Å². The SMILES string of the molecule is C1=CC2=C3C(CCC2CC1)CC[CH]3[Zr+2][CH]1CCC2CCC3CCC=CC3=C21.[Cl-].[Cl-]. The molecule has 0 amide bonds. The molecule has 6 unspecified atom stereocenters. The molecule has 29 heavy (non-hydrogen) atoms. The van der Waals surface area contributed by atoms with Gasteiger partial charge in [0.15, 0.2) is 0 Å². The van der Waals surface area contributed by atoms with Gasteiger partial charge in [-0.2, -0.15) is 0 Å². The number of hydrogen-bond acceptors (Lipinski definition) is 0. The normalized spacial score (nSPS) is 39.6. The summed E-state index contributed by atoms with van der Waals surface area (Å²) in [7, 11) is 0. The quantitative estimate of drug-likeness (QED) is 0.532. The second-order valence-electron chi connectivity index (χ2n) is 10.1. The second-order valence-corrected chi connectivity index (χ2v) is 14.4. The Morgan fingerprint density at radius 1 is 0.517 bits per heavy atom. The third kappa shape index (κ3) is 4.00. The van der Waals surface area contributed by atoms with Crippen molar-refractivity contribution in [1.29, 1.82) is 0 Å². The van der Waals surface area contributed by atoms with Crippen molar-refractivity contribution in [1.82, 2.24) is 0 Å². The van der Waals surface area contributed by atoms with Gasteiger partial charge >= 0.3 is 178 Å². The second kappa shape index (κ2) is 9.50. The van der Waals surface area contributed by atoms with Gasteiger partial charge in [-0.25, -0.2) is 0 Å². The summed E-state index contributed by atoms with van der Waals surface area (Å²) in [5.74, 6) is 3.88. The zero-order chi connectivity index (χ0) is 17.8. The molecular weight excluding hydrogens is 474 g/mol. The third-order valence-electron chi connectivity index (χ3n) is 8.87. The van der Waals surface area contributed by atoms with Crippen LogP contribution in [0.4, 0.5) is 0 Å². The van der Waals surface area contributed by atoms with E-state index in [0.717, 1.165) is 30.9 Å². The Balaban J connectivity index is 0.00000102. The minimum Gasteiger partial charge on any atom is -1.00 e. The molecule has 0 bridgehead atoms. The van der Waals surface area contributed by atoms with Crippen molar-refractivity contribution in [3.8, 4) is 0 Å². The van der Waals surface area contributed by atoms with Gasteiger partial charge < -0.3 is 24.8 Å². The zero-order valence-electron chi connectivity index (χ0n) is 17.5. The molecule has 0 aromatic rings. The van der Waals surface area contributed by atoms with E-state index in [1.807, 2.05) is 22.3 Å². The Morgan fingerprint density at radius 2 is 0.931 bits per heavy atom. The molecule has 0 aromatic carbocycles. The van der Waals surface area contributed by atoms with Crippen LogP contribution >= 0.6 is 0 Å². The monoisotopic (exact) mass is 506 g/mol. The average molecular weight is 509 g/mol. The summed E-state index contributed by atoms with van der Waals surface area (Å²) in [6.07, 6.45) is 28.0. The Hall–Kier alpha value is 0.423. The maximum Gasteiger partial charge on any atom is -1.00 e. The smallest absolute Gasteiger partial charge is 1.00 e. The van der Waals surface area contributed by atoms with Crippen molar-refractivity contribution in [2.24, 2.45) is 23.7 Å². The molecule has 2 fully saturated rings. The van der Waals surface area contributed by atoms with Crippen LogP contribution in [0, 0.1) is 23.7 Å². The number of allylic oxidation sites excluding steroid dienone is 8. The fourth-order valence-corrected chi connectivity index (χ4v) is 13.3. The van der Waals surface area contributed by atoms with Crippen LogP contribution in [0.15, 0.2) is 46.6 Å². The molecule has 0 radical (unpaired) electrons. The minimum atomic E-state index is -0.390. The third-order valence-corrected chi connectivity index (χ3v) is 13.8. The van der Waals surface area contributed by atoms with Gasteiger partial charge in [0.05, 0.1) is 0 Å². The molecule has 3 heteroatoms. The Morgan fingerprint density at radius 3 is 1.41 bits per heavy atom. The Labute approximate surface area is 201 Å². The molecule has 156 valence electrons. The Kier molecular flexibility index (Phi) is 7.41. The van der Waals surface area contributed by atoms with Crippen molar-refractivity contribution in [3.63, 3.8) is 0 Å². The number of fused-ring (bicyclic) bond motifs is 4. The van der Waals surface area contributed by atoms with E-state index < -0.39 is 0 Å².